The fourth-order valence-corrected chi connectivity index (χ4v) is 3.21. The molecule has 0 aliphatic rings. The number of carbonyl (C=O) groups is 1. The number of aromatic nitrogens is 2. The highest BCUT2D eigenvalue weighted by molar-refractivity contribution is 5.79. The van der Waals surface area contributed by atoms with Crippen molar-refractivity contribution in [2.24, 2.45) is 0 Å². The van der Waals surface area contributed by atoms with Crippen molar-refractivity contribution in [3.8, 4) is 11.5 Å². The first-order chi connectivity index (χ1) is 14.9. The van der Waals surface area contributed by atoms with Crippen molar-refractivity contribution in [3.05, 3.63) is 64.4 Å². The maximum absolute atomic E-state index is 12.6. The molecule has 164 valence electrons. The number of hydrogen-bond acceptors (Lipinski definition) is 5. The zero-order chi connectivity index (χ0) is 22.4. The monoisotopic (exact) mass is 431 g/mol. The highest BCUT2D eigenvalue weighted by Gasteiger charge is 2.15. The summed E-state index contributed by atoms with van der Waals surface area (Å²) in [6.45, 7) is -0.338. The van der Waals surface area contributed by atoms with Crippen LogP contribution in [-0.2, 0) is 17.9 Å². The molecule has 3 aromatic rings. The molecule has 0 atom stereocenters. The van der Waals surface area contributed by atoms with Gasteiger partial charge in [-0.1, -0.05) is 18.2 Å². The molecule has 0 N–H and O–H groups in total. The van der Waals surface area contributed by atoms with Gasteiger partial charge in [-0.3, -0.25) is 14.3 Å². The highest BCUT2D eigenvalue weighted by Crippen LogP contribution is 2.30. The van der Waals surface area contributed by atoms with Gasteiger partial charge in [0.25, 0.3) is 0 Å². The van der Waals surface area contributed by atoms with Gasteiger partial charge in [0.1, 0.15) is 0 Å². The van der Waals surface area contributed by atoms with E-state index in [1.54, 1.807) is 49.0 Å². The Morgan fingerprint density at radius 2 is 1.97 bits per heavy atom. The second-order valence-electron chi connectivity index (χ2n) is 6.84. The molecule has 0 radical (unpaired) electrons. The van der Waals surface area contributed by atoms with Gasteiger partial charge in [0.2, 0.25) is 11.3 Å². The summed E-state index contributed by atoms with van der Waals surface area (Å²) in [6, 6.07) is 11.7. The summed E-state index contributed by atoms with van der Waals surface area (Å²) in [5.74, 6) is 0.0197. The van der Waals surface area contributed by atoms with Gasteiger partial charge >= 0.3 is 6.61 Å². The van der Waals surface area contributed by atoms with Crippen LogP contribution in [0.15, 0.2) is 53.5 Å². The predicted octanol–water partition coefficient (Wildman–Crippen LogP) is 3.45. The number of halogens is 2. The van der Waals surface area contributed by atoms with E-state index >= 15 is 0 Å². The molecule has 1 amide bonds. The van der Waals surface area contributed by atoms with E-state index < -0.39 is 6.61 Å². The molecule has 0 aliphatic carbocycles. The Morgan fingerprint density at radius 1 is 1.19 bits per heavy atom. The van der Waals surface area contributed by atoms with Gasteiger partial charge in [-0.15, -0.1) is 0 Å². The molecule has 0 unspecified atom stereocenters. The number of amides is 1. The lowest BCUT2D eigenvalue weighted by Crippen LogP contribution is -2.27. The number of nitrogens with zero attached hydrogens (tertiary/aromatic N) is 3. The minimum atomic E-state index is -2.95. The largest absolute Gasteiger partial charge is 0.490 e. The lowest BCUT2D eigenvalue weighted by atomic mass is 10.2. The first-order valence-corrected chi connectivity index (χ1v) is 9.78. The van der Waals surface area contributed by atoms with Crippen LogP contribution in [-0.4, -0.2) is 40.9 Å². The van der Waals surface area contributed by atoms with E-state index in [2.05, 4.69) is 9.84 Å². The smallest absolute Gasteiger partial charge is 0.387 e. The topological polar surface area (TPSA) is 73.7 Å². The Hall–Kier alpha value is -3.49. The fraction of sp³-hybridized carbons (Fsp3) is 0.318. The average Bonchev–Trinajstić information content (AvgIpc) is 2.75. The predicted molar refractivity (Wildman–Crippen MR) is 111 cm³/mol. The summed E-state index contributed by atoms with van der Waals surface area (Å²) in [6.07, 6.45) is 1.43. The third-order valence-electron chi connectivity index (χ3n) is 4.67. The quantitative estimate of drug-likeness (QED) is 0.519. The first-order valence-electron chi connectivity index (χ1n) is 9.78. The summed E-state index contributed by atoms with van der Waals surface area (Å²) in [5.41, 5.74) is 1.22. The molecule has 0 bridgehead atoms. The number of hydrogen-bond donors (Lipinski definition) is 0. The zero-order valence-electron chi connectivity index (χ0n) is 17.3. The molecule has 1 aromatic heterocycles. The van der Waals surface area contributed by atoms with Crippen LogP contribution in [0.4, 0.5) is 8.78 Å². The van der Waals surface area contributed by atoms with Gasteiger partial charge < -0.3 is 14.4 Å². The van der Waals surface area contributed by atoms with Gasteiger partial charge in [0.05, 0.1) is 24.9 Å². The molecule has 0 saturated carbocycles. The van der Waals surface area contributed by atoms with E-state index in [-0.39, 0.29) is 42.4 Å². The SMILES string of the molecule is CCOc1cc(CN(C)C(=O)CCn2ncc(=O)c3ccccc32)ccc1OC(F)F. The van der Waals surface area contributed by atoms with Crippen molar-refractivity contribution < 1.29 is 23.0 Å². The van der Waals surface area contributed by atoms with Crippen LogP contribution in [0.5, 0.6) is 11.5 Å². The number of alkyl halides is 2. The van der Waals surface area contributed by atoms with E-state index in [4.69, 9.17) is 4.74 Å². The van der Waals surface area contributed by atoms with Crippen molar-refractivity contribution in [2.45, 2.75) is 33.0 Å². The molecular weight excluding hydrogens is 408 g/mol. The Labute approximate surface area is 177 Å². The van der Waals surface area contributed by atoms with Crippen molar-refractivity contribution in [1.29, 1.82) is 0 Å². The standard InChI is InChI=1S/C22H23F2N3O4/c1-3-30-20-12-15(8-9-19(20)31-22(23)24)14-26(2)21(29)10-11-27-17-7-5-4-6-16(17)18(28)13-25-27/h4-9,12-13,22H,3,10-11,14H2,1-2H3. The van der Waals surface area contributed by atoms with Gasteiger partial charge in [0, 0.05) is 25.4 Å². The maximum Gasteiger partial charge on any atom is 0.387 e. The van der Waals surface area contributed by atoms with Crippen LogP contribution in [0.1, 0.15) is 18.9 Å². The minimum Gasteiger partial charge on any atom is -0.490 e. The minimum absolute atomic E-state index is 0.0502. The first kappa shape index (κ1) is 22.2. The van der Waals surface area contributed by atoms with Crippen LogP contribution in [0, 0.1) is 0 Å². The van der Waals surface area contributed by atoms with Gasteiger partial charge in [0.15, 0.2) is 11.5 Å². The molecule has 0 saturated heterocycles. The summed E-state index contributed by atoms with van der Waals surface area (Å²) < 4.78 is 36.6. The molecule has 3 rings (SSSR count). The molecule has 0 spiro atoms. The van der Waals surface area contributed by atoms with Crippen LogP contribution < -0.4 is 14.9 Å². The van der Waals surface area contributed by atoms with Crippen molar-refractivity contribution >= 4 is 16.8 Å². The van der Waals surface area contributed by atoms with Crippen LogP contribution >= 0.6 is 0 Å². The molecule has 9 heteroatoms. The van der Waals surface area contributed by atoms with E-state index in [1.165, 1.54) is 17.2 Å². The molecule has 0 aliphatic heterocycles. The number of benzene rings is 2. The summed E-state index contributed by atoms with van der Waals surface area (Å²) >= 11 is 0. The Morgan fingerprint density at radius 3 is 2.71 bits per heavy atom. The molecule has 31 heavy (non-hydrogen) atoms. The normalized spacial score (nSPS) is 11.0. The molecule has 1 heterocycles. The van der Waals surface area contributed by atoms with E-state index in [1.807, 2.05) is 6.07 Å². The Balaban J connectivity index is 1.67. The van der Waals surface area contributed by atoms with Crippen LogP contribution in [0.25, 0.3) is 10.9 Å². The van der Waals surface area contributed by atoms with Gasteiger partial charge in [-0.05, 0) is 36.8 Å². The molecule has 2 aromatic carbocycles. The maximum atomic E-state index is 12.6. The third kappa shape index (κ3) is 5.56. The van der Waals surface area contributed by atoms with Crippen LogP contribution in [0.3, 0.4) is 0 Å². The van der Waals surface area contributed by atoms with Crippen molar-refractivity contribution in [3.63, 3.8) is 0 Å². The number of rotatable bonds is 9. The fourth-order valence-electron chi connectivity index (χ4n) is 3.21. The number of ether oxygens (including phenoxy) is 2. The summed E-state index contributed by atoms with van der Waals surface area (Å²) in [4.78, 5) is 26.1. The van der Waals surface area contributed by atoms with E-state index in [9.17, 15) is 18.4 Å². The number of aryl methyl sites for hydroxylation is 1. The highest BCUT2D eigenvalue weighted by atomic mass is 19.3. The Bertz CT molecular complexity index is 1120. The van der Waals surface area contributed by atoms with E-state index in [0.717, 1.165) is 0 Å². The van der Waals surface area contributed by atoms with Gasteiger partial charge in [-0.25, -0.2) is 0 Å². The second kappa shape index (κ2) is 10.0. The average molecular weight is 431 g/mol. The van der Waals surface area contributed by atoms with Gasteiger partial charge in [-0.2, -0.15) is 13.9 Å². The van der Waals surface area contributed by atoms with E-state index in [0.29, 0.717) is 23.0 Å². The number of carbonyl (C=O) groups excluding carboxylic acids is 1. The third-order valence-corrected chi connectivity index (χ3v) is 4.67. The summed E-state index contributed by atoms with van der Waals surface area (Å²) in [5, 5.41) is 4.68. The zero-order valence-corrected chi connectivity index (χ0v) is 17.3. The number of para-hydroxylation sites is 1. The lowest BCUT2D eigenvalue weighted by molar-refractivity contribution is -0.130. The van der Waals surface area contributed by atoms with Crippen LogP contribution in [0.2, 0.25) is 0 Å². The lowest BCUT2D eigenvalue weighted by Gasteiger charge is -2.19. The number of fused-ring (bicyclic) bond motifs is 1. The molecule has 0 fully saturated rings. The second-order valence-corrected chi connectivity index (χ2v) is 6.84. The van der Waals surface area contributed by atoms with Crippen molar-refractivity contribution in [2.75, 3.05) is 13.7 Å². The summed E-state index contributed by atoms with van der Waals surface area (Å²) in [7, 11) is 1.66. The molecular formula is C22H23F2N3O4. The Kier molecular flexibility index (Phi) is 7.17. The molecule has 7 nitrogen and oxygen atoms in total. The van der Waals surface area contributed by atoms with Crippen molar-refractivity contribution in [1.82, 2.24) is 14.7 Å².